The van der Waals surface area contributed by atoms with Crippen LogP contribution in [0, 0.1) is 0 Å². The highest BCUT2D eigenvalue weighted by Gasteiger charge is 2.18. The van der Waals surface area contributed by atoms with Gasteiger partial charge in [-0.1, -0.05) is 50.6 Å². The molecule has 0 aliphatic rings. The minimum absolute atomic E-state index is 0.0452. The number of halogens is 1. The molecule has 0 atom stereocenters. The summed E-state index contributed by atoms with van der Waals surface area (Å²) in [6, 6.07) is 14.5. The first-order chi connectivity index (χ1) is 12.3. The molecule has 0 aliphatic heterocycles. The number of nitrogens with one attached hydrogen (secondary N) is 2. The van der Waals surface area contributed by atoms with E-state index in [1.165, 1.54) is 0 Å². The fourth-order valence-electron chi connectivity index (χ4n) is 2.61. The van der Waals surface area contributed by atoms with E-state index in [9.17, 15) is 9.59 Å². The normalized spacial score (nSPS) is 11.1. The molecule has 2 aromatic rings. The van der Waals surface area contributed by atoms with Gasteiger partial charge in [0, 0.05) is 29.2 Å². The summed E-state index contributed by atoms with van der Waals surface area (Å²) >= 11 is 5.81. The van der Waals surface area contributed by atoms with Gasteiger partial charge in [0.05, 0.1) is 0 Å². The Labute approximate surface area is 159 Å². The van der Waals surface area contributed by atoms with E-state index in [-0.39, 0.29) is 17.2 Å². The van der Waals surface area contributed by atoms with Crippen LogP contribution in [0.15, 0.2) is 48.5 Å². The maximum Gasteiger partial charge on any atom is 0.251 e. The maximum atomic E-state index is 12.2. The van der Waals surface area contributed by atoms with E-state index in [1.807, 2.05) is 24.3 Å². The quantitative estimate of drug-likeness (QED) is 0.716. The van der Waals surface area contributed by atoms with E-state index in [0.29, 0.717) is 30.0 Å². The molecule has 138 valence electrons. The van der Waals surface area contributed by atoms with E-state index in [1.54, 1.807) is 24.3 Å². The number of benzene rings is 2. The van der Waals surface area contributed by atoms with Gasteiger partial charge in [-0.25, -0.2) is 0 Å². The number of carbonyl (C=O) groups is 2. The van der Waals surface area contributed by atoms with Crippen molar-refractivity contribution in [3.05, 3.63) is 64.7 Å². The highest BCUT2D eigenvalue weighted by atomic mass is 35.5. The van der Waals surface area contributed by atoms with Gasteiger partial charge in [-0.15, -0.1) is 0 Å². The van der Waals surface area contributed by atoms with Crippen LogP contribution in [-0.2, 0) is 10.2 Å². The average molecular weight is 373 g/mol. The molecule has 0 radical (unpaired) electrons. The lowest BCUT2D eigenvalue weighted by molar-refractivity contribution is -0.116. The molecular weight excluding hydrogens is 348 g/mol. The van der Waals surface area contributed by atoms with Crippen LogP contribution in [0.4, 0.5) is 5.69 Å². The Morgan fingerprint density at radius 3 is 2.31 bits per heavy atom. The van der Waals surface area contributed by atoms with E-state index in [2.05, 4.69) is 31.4 Å². The molecule has 0 aromatic heterocycles. The van der Waals surface area contributed by atoms with Crippen LogP contribution in [0.2, 0.25) is 5.02 Å². The topological polar surface area (TPSA) is 58.2 Å². The molecule has 2 amide bonds. The molecule has 0 bridgehead atoms. The predicted molar refractivity (Wildman–Crippen MR) is 107 cm³/mol. The summed E-state index contributed by atoms with van der Waals surface area (Å²) in [6.45, 7) is 6.79. The number of rotatable bonds is 6. The predicted octanol–water partition coefficient (Wildman–Crippen LogP) is 4.79. The molecule has 0 spiro atoms. The van der Waals surface area contributed by atoms with Crippen molar-refractivity contribution < 1.29 is 9.59 Å². The lowest BCUT2D eigenvalue weighted by Crippen LogP contribution is -2.25. The number of amides is 2. The van der Waals surface area contributed by atoms with Crippen molar-refractivity contribution >= 4 is 29.1 Å². The van der Waals surface area contributed by atoms with E-state index in [4.69, 9.17) is 11.6 Å². The zero-order valence-corrected chi connectivity index (χ0v) is 16.2. The monoisotopic (exact) mass is 372 g/mol. The van der Waals surface area contributed by atoms with Crippen molar-refractivity contribution in [1.29, 1.82) is 0 Å². The van der Waals surface area contributed by atoms with Crippen LogP contribution in [-0.4, -0.2) is 18.4 Å². The van der Waals surface area contributed by atoms with Gasteiger partial charge < -0.3 is 10.6 Å². The van der Waals surface area contributed by atoms with Crippen molar-refractivity contribution in [3.8, 4) is 0 Å². The van der Waals surface area contributed by atoms with Crippen LogP contribution in [0.3, 0.4) is 0 Å². The summed E-state index contributed by atoms with van der Waals surface area (Å²) in [4.78, 5) is 24.2. The Morgan fingerprint density at radius 1 is 1.00 bits per heavy atom. The van der Waals surface area contributed by atoms with Crippen LogP contribution in [0.1, 0.15) is 49.5 Å². The first-order valence-electron chi connectivity index (χ1n) is 8.70. The van der Waals surface area contributed by atoms with Gasteiger partial charge in [-0.3, -0.25) is 9.59 Å². The van der Waals surface area contributed by atoms with Crippen molar-refractivity contribution in [1.82, 2.24) is 5.32 Å². The molecule has 0 saturated carbocycles. The van der Waals surface area contributed by atoms with Gasteiger partial charge in [0.2, 0.25) is 5.91 Å². The Bertz CT molecular complexity index is 764. The summed E-state index contributed by atoms with van der Waals surface area (Å²) < 4.78 is 0. The van der Waals surface area contributed by atoms with Crippen LogP contribution in [0.25, 0.3) is 0 Å². The number of anilines is 1. The lowest BCUT2D eigenvalue weighted by Gasteiger charge is -2.23. The van der Waals surface area contributed by atoms with Crippen LogP contribution in [0.5, 0.6) is 0 Å². The van der Waals surface area contributed by atoms with Crippen LogP contribution >= 0.6 is 11.6 Å². The SMILES string of the molecule is CC(C)(C)c1ccccc1NC(=O)CCCNC(=O)c1ccc(Cl)cc1. The molecule has 26 heavy (non-hydrogen) atoms. The van der Waals surface area contributed by atoms with Gasteiger partial charge in [-0.05, 0) is 47.7 Å². The van der Waals surface area contributed by atoms with Crippen molar-refractivity contribution in [2.24, 2.45) is 0 Å². The number of carbonyl (C=O) groups excluding carboxylic acids is 2. The maximum absolute atomic E-state index is 12.2. The molecule has 0 unspecified atom stereocenters. The van der Waals surface area contributed by atoms with E-state index >= 15 is 0 Å². The first kappa shape index (κ1) is 20.0. The van der Waals surface area contributed by atoms with Crippen molar-refractivity contribution in [2.75, 3.05) is 11.9 Å². The Balaban J connectivity index is 1.79. The average Bonchev–Trinajstić information content (AvgIpc) is 2.58. The molecule has 4 nitrogen and oxygen atoms in total. The zero-order valence-electron chi connectivity index (χ0n) is 15.4. The van der Waals surface area contributed by atoms with E-state index in [0.717, 1.165) is 11.3 Å². The second-order valence-corrected chi connectivity index (χ2v) is 7.65. The van der Waals surface area contributed by atoms with Gasteiger partial charge in [0.1, 0.15) is 0 Å². The molecule has 0 saturated heterocycles. The highest BCUT2D eigenvalue weighted by molar-refractivity contribution is 6.30. The largest absolute Gasteiger partial charge is 0.352 e. The third kappa shape index (κ3) is 5.88. The number of para-hydroxylation sites is 1. The van der Waals surface area contributed by atoms with E-state index < -0.39 is 0 Å². The van der Waals surface area contributed by atoms with Gasteiger partial charge in [0.25, 0.3) is 5.91 Å². The summed E-state index contributed by atoms with van der Waals surface area (Å²) in [5.74, 6) is -0.220. The summed E-state index contributed by atoms with van der Waals surface area (Å²) in [5, 5.41) is 6.38. The van der Waals surface area contributed by atoms with Crippen LogP contribution < -0.4 is 10.6 Å². The third-order valence-corrected chi connectivity index (χ3v) is 4.23. The standard InChI is InChI=1S/C21H25ClN2O2/c1-21(2,3)17-7-4-5-8-18(17)24-19(25)9-6-14-23-20(26)15-10-12-16(22)13-11-15/h4-5,7-8,10-13H,6,9,14H2,1-3H3,(H,23,26)(H,24,25). The fourth-order valence-corrected chi connectivity index (χ4v) is 2.74. The summed E-state index contributed by atoms with van der Waals surface area (Å²) in [5.41, 5.74) is 2.45. The van der Waals surface area contributed by atoms with Gasteiger partial charge in [-0.2, -0.15) is 0 Å². The molecule has 2 aromatic carbocycles. The second kappa shape index (κ2) is 8.86. The minimum atomic E-state index is -0.167. The molecule has 0 aliphatic carbocycles. The Morgan fingerprint density at radius 2 is 1.65 bits per heavy atom. The summed E-state index contributed by atoms with van der Waals surface area (Å²) in [6.07, 6.45) is 0.919. The fraction of sp³-hybridized carbons (Fsp3) is 0.333. The molecular formula is C21H25ClN2O2. The Kier molecular flexibility index (Phi) is 6.81. The third-order valence-electron chi connectivity index (χ3n) is 3.98. The van der Waals surface area contributed by atoms with Gasteiger partial charge >= 0.3 is 0 Å². The number of hydrogen-bond acceptors (Lipinski definition) is 2. The molecule has 5 heteroatoms. The minimum Gasteiger partial charge on any atom is -0.352 e. The number of hydrogen-bond donors (Lipinski definition) is 2. The first-order valence-corrected chi connectivity index (χ1v) is 9.08. The molecule has 0 fully saturated rings. The Hall–Kier alpha value is -2.33. The molecule has 2 rings (SSSR count). The smallest absolute Gasteiger partial charge is 0.251 e. The van der Waals surface area contributed by atoms with Gasteiger partial charge in [0.15, 0.2) is 0 Å². The lowest BCUT2D eigenvalue weighted by atomic mass is 9.86. The van der Waals surface area contributed by atoms with Crippen molar-refractivity contribution in [3.63, 3.8) is 0 Å². The molecule has 2 N–H and O–H groups in total. The zero-order chi connectivity index (χ0) is 19.2. The highest BCUT2D eigenvalue weighted by Crippen LogP contribution is 2.29. The second-order valence-electron chi connectivity index (χ2n) is 7.21. The van der Waals surface area contributed by atoms with Crippen molar-refractivity contribution in [2.45, 2.75) is 39.0 Å². The summed E-state index contributed by atoms with van der Waals surface area (Å²) in [7, 11) is 0. The molecule has 0 heterocycles.